The molecule has 2 N–H and O–H groups in total. The average molecular weight is 301 g/mol. The smallest absolute Gasteiger partial charge is 0.0897 e. The predicted octanol–water partition coefficient (Wildman–Crippen LogP) is 2.74. The topological polar surface area (TPSA) is 50.7 Å². The summed E-state index contributed by atoms with van der Waals surface area (Å²) in [7, 11) is 0. The SMILES string of the molecule is CCCCOCCOCC(O)CNC1CCCC(C)(C)C1. The van der Waals surface area contributed by atoms with Crippen molar-refractivity contribution in [2.24, 2.45) is 5.41 Å². The molecular weight excluding hydrogens is 266 g/mol. The van der Waals surface area contributed by atoms with Gasteiger partial charge in [-0.2, -0.15) is 0 Å². The van der Waals surface area contributed by atoms with Crippen molar-refractivity contribution in [3.63, 3.8) is 0 Å². The second-order valence-corrected chi connectivity index (χ2v) is 7.06. The number of ether oxygens (including phenoxy) is 2. The summed E-state index contributed by atoms with van der Waals surface area (Å²) in [5, 5.41) is 13.4. The van der Waals surface area contributed by atoms with Crippen molar-refractivity contribution in [2.75, 3.05) is 33.0 Å². The molecule has 1 saturated carbocycles. The zero-order chi connectivity index (χ0) is 15.6. The van der Waals surface area contributed by atoms with Gasteiger partial charge in [0.15, 0.2) is 0 Å². The van der Waals surface area contributed by atoms with Gasteiger partial charge in [0.05, 0.1) is 25.9 Å². The maximum Gasteiger partial charge on any atom is 0.0897 e. The molecule has 1 aliphatic carbocycles. The van der Waals surface area contributed by atoms with Crippen LogP contribution in [0.3, 0.4) is 0 Å². The van der Waals surface area contributed by atoms with Crippen LogP contribution in [0.25, 0.3) is 0 Å². The maximum absolute atomic E-state index is 9.92. The van der Waals surface area contributed by atoms with E-state index in [4.69, 9.17) is 9.47 Å². The molecule has 2 atom stereocenters. The van der Waals surface area contributed by atoms with Crippen LogP contribution in [0.4, 0.5) is 0 Å². The number of aliphatic hydroxyl groups is 1. The lowest BCUT2D eigenvalue weighted by atomic mass is 9.75. The molecule has 126 valence electrons. The molecular formula is C17H35NO3. The van der Waals surface area contributed by atoms with Crippen molar-refractivity contribution in [2.45, 2.75) is 71.4 Å². The van der Waals surface area contributed by atoms with Crippen LogP contribution in [-0.4, -0.2) is 50.2 Å². The van der Waals surface area contributed by atoms with Gasteiger partial charge < -0.3 is 19.9 Å². The lowest BCUT2D eigenvalue weighted by Crippen LogP contribution is -2.42. The summed E-state index contributed by atoms with van der Waals surface area (Å²) in [5.74, 6) is 0. The van der Waals surface area contributed by atoms with Crippen LogP contribution in [0.15, 0.2) is 0 Å². The molecule has 0 aliphatic heterocycles. The number of aliphatic hydroxyl groups excluding tert-OH is 1. The Balaban J connectivity index is 1.97. The van der Waals surface area contributed by atoms with Crippen molar-refractivity contribution in [1.82, 2.24) is 5.32 Å². The van der Waals surface area contributed by atoms with E-state index in [-0.39, 0.29) is 0 Å². The second-order valence-electron chi connectivity index (χ2n) is 7.06. The minimum Gasteiger partial charge on any atom is -0.389 e. The molecule has 0 radical (unpaired) electrons. The molecule has 1 aliphatic rings. The van der Waals surface area contributed by atoms with Gasteiger partial charge in [-0.3, -0.25) is 0 Å². The Morgan fingerprint density at radius 1 is 1.24 bits per heavy atom. The third kappa shape index (κ3) is 9.46. The fraction of sp³-hybridized carbons (Fsp3) is 1.00. The largest absolute Gasteiger partial charge is 0.389 e. The van der Waals surface area contributed by atoms with E-state index >= 15 is 0 Å². The highest BCUT2D eigenvalue weighted by molar-refractivity contribution is 4.83. The van der Waals surface area contributed by atoms with Crippen molar-refractivity contribution >= 4 is 0 Å². The summed E-state index contributed by atoms with van der Waals surface area (Å²) in [5.41, 5.74) is 0.438. The van der Waals surface area contributed by atoms with Crippen LogP contribution in [0.5, 0.6) is 0 Å². The fourth-order valence-electron chi connectivity index (χ4n) is 2.92. The van der Waals surface area contributed by atoms with Crippen molar-refractivity contribution < 1.29 is 14.6 Å². The first kappa shape index (κ1) is 18.9. The molecule has 4 nitrogen and oxygen atoms in total. The summed E-state index contributed by atoms with van der Waals surface area (Å²) in [6.07, 6.45) is 6.86. The highest BCUT2D eigenvalue weighted by Crippen LogP contribution is 2.34. The average Bonchev–Trinajstić information content (AvgIpc) is 2.43. The predicted molar refractivity (Wildman–Crippen MR) is 86.6 cm³/mol. The molecule has 0 aromatic heterocycles. The Hall–Kier alpha value is -0.160. The highest BCUT2D eigenvalue weighted by Gasteiger charge is 2.27. The second kappa shape index (κ2) is 10.5. The summed E-state index contributed by atoms with van der Waals surface area (Å²) < 4.78 is 10.9. The first-order valence-corrected chi connectivity index (χ1v) is 8.60. The zero-order valence-electron chi connectivity index (χ0n) is 14.2. The number of unbranched alkanes of at least 4 members (excludes halogenated alkanes) is 1. The van der Waals surface area contributed by atoms with Crippen molar-refractivity contribution in [3.05, 3.63) is 0 Å². The van der Waals surface area contributed by atoms with Crippen LogP contribution in [0.1, 0.15) is 59.3 Å². The van der Waals surface area contributed by atoms with Gasteiger partial charge in [-0.25, -0.2) is 0 Å². The third-order valence-electron chi connectivity index (χ3n) is 4.17. The molecule has 0 aromatic rings. The van der Waals surface area contributed by atoms with Gasteiger partial charge in [0, 0.05) is 19.2 Å². The van der Waals surface area contributed by atoms with Crippen LogP contribution in [-0.2, 0) is 9.47 Å². The molecule has 0 heterocycles. The lowest BCUT2D eigenvalue weighted by Gasteiger charge is -2.36. The number of hydrogen-bond donors (Lipinski definition) is 2. The molecule has 1 rings (SSSR count). The van der Waals surface area contributed by atoms with E-state index in [9.17, 15) is 5.11 Å². The van der Waals surface area contributed by atoms with E-state index in [1.165, 1.54) is 25.7 Å². The van der Waals surface area contributed by atoms with Crippen LogP contribution >= 0.6 is 0 Å². The fourth-order valence-corrected chi connectivity index (χ4v) is 2.92. The number of nitrogens with one attached hydrogen (secondary N) is 1. The van der Waals surface area contributed by atoms with Crippen molar-refractivity contribution in [1.29, 1.82) is 0 Å². The standard InChI is InChI=1S/C17H35NO3/c1-4-5-9-20-10-11-21-14-16(19)13-18-15-7-6-8-17(2,3)12-15/h15-16,18-19H,4-14H2,1-3H3. The number of rotatable bonds is 11. The summed E-state index contributed by atoms with van der Waals surface area (Å²) in [6.45, 7) is 9.82. The molecule has 0 bridgehead atoms. The quantitative estimate of drug-likeness (QED) is 0.576. The van der Waals surface area contributed by atoms with Gasteiger partial charge in [-0.15, -0.1) is 0 Å². The molecule has 0 spiro atoms. The molecule has 2 unspecified atom stereocenters. The van der Waals surface area contributed by atoms with E-state index in [0.29, 0.717) is 37.8 Å². The number of hydrogen-bond acceptors (Lipinski definition) is 4. The van der Waals surface area contributed by atoms with E-state index in [1.54, 1.807) is 0 Å². The minimum atomic E-state index is -0.425. The van der Waals surface area contributed by atoms with Crippen molar-refractivity contribution in [3.8, 4) is 0 Å². The Morgan fingerprint density at radius 2 is 2.00 bits per heavy atom. The minimum absolute atomic E-state index is 0.389. The van der Waals surface area contributed by atoms with E-state index in [1.807, 2.05) is 0 Å². The van der Waals surface area contributed by atoms with Crippen LogP contribution in [0, 0.1) is 5.41 Å². The van der Waals surface area contributed by atoms with E-state index < -0.39 is 6.10 Å². The first-order valence-electron chi connectivity index (χ1n) is 8.60. The Bertz CT molecular complexity index is 258. The first-order chi connectivity index (χ1) is 10.0. The van der Waals surface area contributed by atoms with Crippen LogP contribution < -0.4 is 5.32 Å². The van der Waals surface area contributed by atoms with Gasteiger partial charge in [-0.1, -0.05) is 33.6 Å². The van der Waals surface area contributed by atoms with Gasteiger partial charge in [0.25, 0.3) is 0 Å². The van der Waals surface area contributed by atoms with Gasteiger partial charge in [-0.05, 0) is 31.1 Å². The van der Waals surface area contributed by atoms with Gasteiger partial charge in [0.1, 0.15) is 0 Å². The summed E-state index contributed by atoms with van der Waals surface area (Å²) in [6, 6.07) is 0.542. The lowest BCUT2D eigenvalue weighted by molar-refractivity contribution is 0.00228. The molecule has 0 saturated heterocycles. The van der Waals surface area contributed by atoms with Gasteiger partial charge in [0.2, 0.25) is 0 Å². The van der Waals surface area contributed by atoms with Crippen LogP contribution in [0.2, 0.25) is 0 Å². The van der Waals surface area contributed by atoms with Gasteiger partial charge >= 0.3 is 0 Å². The normalized spacial score (nSPS) is 23.1. The Labute approximate surface area is 130 Å². The molecule has 0 aromatic carbocycles. The summed E-state index contributed by atoms with van der Waals surface area (Å²) >= 11 is 0. The molecule has 0 amide bonds. The molecule has 1 fully saturated rings. The molecule has 21 heavy (non-hydrogen) atoms. The van der Waals surface area contributed by atoms with E-state index in [2.05, 4.69) is 26.1 Å². The monoisotopic (exact) mass is 301 g/mol. The Kier molecular flexibility index (Phi) is 9.49. The summed E-state index contributed by atoms with van der Waals surface area (Å²) in [4.78, 5) is 0. The maximum atomic E-state index is 9.92. The van der Waals surface area contributed by atoms with E-state index in [0.717, 1.165) is 19.4 Å². The molecule has 4 heteroatoms. The highest BCUT2D eigenvalue weighted by atomic mass is 16.5. The zero-order valence-corrected chi connectivity index (χ0v) is 14.2. The Morgan fingerprint density at radius 3 is 2.71 bits per heavy atom. The third-order valence-corrected chi connectivity index (χ3v) is 4.17.